The van der Waals surface area contributed by atoms with E-state index in [1.54, 1.807) is 40.2 Å². The zero-order valence-corrected chi connectivity index (χ0v) is 22.9. The van der Waals surface area contributed by atoms with Crippen molar-refractivity contribution in [2.75, 3.05) is 12.3 Å². The van der Waals surface area contributed by atoms with E-state index in [-0.39, 0.29) is 23.0 Å². The third kappa shape index (κ3) is 4.38. The molecule has 0 saturated carbocycles. The van der Waals surface area contributed by atoms with Gasteiger partial charge in [-0.25, -0.2) is 4.98 Å². The van der Waals surface area contributed by atoms with Crippen LogP contribution in [-0.2, 0) is 17.8 Å². The van der Waals surface area contributed by atoms with Gasteiger partial charge < -0.3 is 4.74 Å². The Labute approximate surface area is 228 Å². The number of thiophene rings is 1. The number of carbonyl (C=O) groups is 2. The van der Waals surface area contributed by atoms with Gasteiger partial charge in [0.15, 0.2) is 5.16 Å². The molecule has 194 valence electrons. The Hall–Kier alpha value is -3.27. The second-order valence-electron chi connectivity index (χ2n) is 10.1. The van der Waals surface area contributed by atoms with E-state index in [4.69, 9.17) is 9.72 Å². The number of nitrogens with zero attached hydrogens (tertiary/aromatic N) is 3. The van der Waals surface area contributed by atoms with E-state index >= 15 is 0 Å². The van der Waals surface area contributed by atoms with Crippen molar-refractivity contribution in [3.8, 4) is 5.69 Å². The summed E-state index contributed by atoms with van der Waals surface area (Å²) in [5.74, 6) is 0.254. The molecule has 0 N–H and O–H groups in total. The topological polar surface area (TPSA) is 81.5 Å². The second-order valence-corrected chi connectivity index (χ2v) is 12.3. The molecule has 2 aromatic heterocycles. The lowest BCUT2D eigenvalue weighted by molar-refractivity contribution is -0.0379. The van der Waals surface area contributed by atoms with Gasteiger partial charge in [-0.2, -0.15) is 0 Å². The summed E-state index contributed by atoms with van der Waals surface area (Å²) in [5, 5.41) is 1.34. The largest absolute Gasteiger partial charge is 0.370 e. The molecular weight excluding hydrogens is 518 g/mol. The SMILES string of the molecule is CC1(C)Cc2c(sc3nc(SCCCCN4C(=O)c5ccccc5C4=O)n(-c4ccccc4)c(=O)c23)CO1. The third-order valence-electron chi connectivity index (χ3n) is 6.97. The number of amides is 2. The van der Waals surface area contributed by atoms with E-state index in [1.807, 2.05) is 30.3 Å². The molecule has 0 spiro atoms. The van der Waals surface area contributed by atoms with Crippen molar-refractivity contribution in [2.24, 2.45) is 0 Å². The smallest absolute Gasteiger partial charge is 0.267 e. The molecule has 0 radical (unpaired) electrons. The van der Waals surface area contributed by atoms with Crippen molar-refractivity contribution in [2.45, 2.75) is 50.5 Å². The van der Waals surface area contributed by atoms with Crippen molar-refractivity contribution in [3.05, 3.63) is 86.5 Å². The van der Waals surface area contributed by atoms with Crippen molar-refractivity contribution in [1.82, 2.24) is 14.5 Å². The number of hydrogen-bond donors (Lipinski definition) is 0. The van der Waals surface area contributed by atoms with Gasteiger partial charge in [0.2, 0.25) is 0 Å². The normalized spacial score (nSPS) is 16.2. The average molecular weight is 546 g/mol. The third-order valence-corrected chi connectivity index (χ3v) is 9.10. The highest BCUT2D eigenvalue weighted by molar-refractivity contribution is 7.99. The fraction of sp³-hybridized carbons (Fsp3) is 0.310. The highest BCUT2D eigenvalue weighted by Crippen LogP contribution is 2.38. The van der Waals surface area contributed by atoms with Crippen LogP contribution in [0.1, 0.15) is 57.8 Å². The molecule has 0 aliphatic carbocycles. The number of ether oxygens (including phenoxy) is 1. The van der Waals surface area contributed by atoms with E-state index < -0.39 is 0 Å². The quantitative estimate of drug-likeness (QED) is 0.133. The lowest BCUT2D eigenvalue weighted by atomic mass is 9.94. The van der Waals surface area contributed by atoms with Crippen LogP contribution in [0.5, 0.6) is 0 Å². The molecule has 7 nitrogen and oxygen atoms in total. The fourth-order valence-electron chi connectivity index (χ4n) is 5.05. The summed E-state index contributed by atoms with van der Waals surface area (Å²) in [6.45, 7) is 4.97. The first-order valence-corrected chi connectivity index (χ1v) is 14.5. The molecular formula is C29H27N3O4S2. The first kappa shape index (κ1) is 25.0. The molecule has 0 fully saturated rings. The molecule has 0 bridgehead atoms. The highest BCUT2D eigenvalue weighted by atomic mass is 32.2. The Morgan fingerprint density at radius 2 is 1.66 bits per heavy atom. The number of para-hydroxylation sites is 1. The molecule has 4 aromatic rings. The number of benzene rings is 2. The Morgan fingerprint density at radius 1 is 0.974 bits per heavy atom. The molecule has 6 rings (SSSR count). The van der Waals surface area contributed by atoms with Gasteiger partial charge in [0.1, 0.15) is 4.83 Å². The number of rotatable bonds is 7. The average Bonchev–Trinajstić information content (AvgIpc) is 3.38. The van der Waals surface area contributed by atoms with E-state index in [9.17, 15) is 14.4 Å². The van der Waals surface area contributed by atoms with Gasteiger partial charge in [-0.3, -0.25) is 23.9 Å². The minimum absolute atomic E-state index is 0.0510. The van der Waals surface area contributed by atoms with Crippen molar-refractivity contribution in [3.63, 3.8) is 0 Å². The molecule has 4 heterocycles. The van der Waals surface area contributed by atoms with Crippen LogP contribution in [0.2, 0.25) is 0 Å². The van der Waals surface area contributed by atoms with Crippen LogP contribution in [-0.4, -0.2) is 44.2 Å². The minimum atomic E-state index is -0.322. The molecule has 0 unspecified atom stereocenters. The summed E-state index contributed by atoms with van der Waals surface area (Å²) in [5.41, 5.74) is 2.42. The number of unbranched alkanes of at least 4 members (excludes halogenated alkanes) is 1. The highest BCUT2D eigenvalue weighted by Gasteiger charge is 2.34. The fourth-order valence-corrected chi connectivity index (χ4v) is 7.21. The molecule has 38 heavy (non-hydrogen) atoms. The summed E-state index contributed by atoms with van der Waals surface area (Å²) in [7, 11) is 0. The summed E-state index contributed by atoms with van der Waals surface area (Å²) in [4.78, 5) is 47.3. The Kier molecular flexibility index (Phi) is 6.45. The van der Waals surface area contributed by atoms with Crippen LogP contribution in [0.25, 0.3) is 15.9 Å². The van der Waals surface area contributed by atoms with Gasteiger partial charge in [-0.05, 0) is 56.5 Å². The zero-order valence-electron chi connectivity index (χ0n) is 21.2. The number of carbonyl (C=O) groups excluding carboxylic acids is 2. The Bertz CT molecular complexity index is 1590. The van der Waals surface area contributed by atoms with E-state index in [1.165, 1.54) is 16.7 Å². The molecule has 0 atom stereocenters. The molecule has 2 amide bonds. The maximum absolute atomic E-state index is 13.9. The van der Waals surface area contributed by atoms with Gasteiger partial charge >= 0.3 is 0 Å². The van der Waals surface area contributed by atoms with Crippen LogP contribution < -0.4 is 5.56 Å². The number of imide groups is 1. The van der Waals surface area contributed by atoms with E-state index in [0.717, 1.165) is 27.4 Å². The first-order chi connectivity index (χ1) is 18.3. The van der Waals surface area contributed by atoms with E-state index in [0.29, 0.717) is 53.4 Å². The van der Waals surface area contributed by atoms with Crippen LogP contribution in [0.3, 0.4) is 0 Å². The number of thioether (sulfide) groups is 1. The predicted octanol–water partition coefficient (Wildman–Crippen LogP) is 5.47. The standard InChI is InChI=1S/C29H27N3O4S2/c1-29(2)16-21-22(17-36-29)38-24-23(21)27(35)32(18-10-4-3-5-11-18)28(30-24)37-15-9-8-14-31-25(33)19-12-6-7-13-20(19)26(31)34/h3-7,10-13H,8-9,14-17H2,1-2H3. The second kappa shape index (κ2) is 9.80. The van der Waals surface area contributed by atoms with Crippen molar-refractivity contribution >= 4 is 45.1 Å². The lowest BCUT2D eigenvalue weighted by Gasteiger charge is -2.29. The van der Waals surface area contributed by atoms with Gasteiger partial charge in [-0.15, -0.1) is 11.3 Å². The Balaban J connectivity index is 1.22. The Morgan fingerprint density at radius 3 is 2.37 bits per heavy atom. The summed E-state index contributed by atoms with van der Waals surface area (Å²) in [6, 6.07) is 16.6. The zero-order chi connectivity index (χ0) is 26.4. The van der Waals surface area contributed by atoms with E-state index in [2.05, 4.69) is 13.8 Å². The van der Waals surface area contributed by atoms with Crippen molar-refractivity contribution in [1.29, 1.82) is 0 Å². The van der Waals surface area contributed by atoms with Gasteiger partial charge in [0.25, 0.3) is 17.4 Å². The maximum atomic E-state index is 13.9. The van der Waals surface area contributed by atoms with Crippen LogP contribution in [0.15, 0.2) is 64.5 Å². The maximum Gasteiger partial charge on any atom is 0.267 e. The summed E-state index contributed by atoms with van der Waals surface area (Å²) >= 11 is 3.07. The van der Waals surface area contributed by atoms with Gasteiger partial charge in [0, 0.05) is 23.6 Å². The summed E-state index contributed by atoms with van der Waals surface area (Å²) in [6.07, 6.45) is 2.12. The number of fused-ring (bicyclic) bond motifs is 4. The van der Waals surface area contributed by atoms with Gasteiger partial charge in [0.05, 0.1) is 34.4 Å². The molecule has 2 aromatic carbocycles. The van der Waals surface area contributed by atoms with Crippen LogP contribution in [0.4, 0.5) is 0 Å². The molecule has 2 aliphatic heterocycles. The van der Waals surface area contributed by atoms with Crippen LogP contribution in [0, 0.1) is 0 Å². The minimum Gasteiger partial charge on any atom is -0.370 e. The summed E-state index contributed by atoms with van der Waals surface area (Å²) < 4.78 is 7.71. The number of aromatic nitrogens is 2. The van der Waals surface area contributed by atoms with Crippen LogP contribution >= 0.6 is 23.1 Å². The predicted molar refractivity (Wildman–Crippen MR) is 150 cm³/mol. The lowest BCUT2D eigenvalue weighted by Crippen LogP contribution is -2.32. The van der Waals surface area contributed by atoms with Gasteiger partial charge in [-0.1, -0.05) is 42.1 Å². The first-order valence-electron chi connectivity index (χ1n) is 12.7. The molecule has 2 aliphatic rings. The monoisotopic (exact) mass is 545 g/mol. The number of hydrogen-bond acceptors (Lipinski definition) is 7. The van der Waals surface area contributed by atoms with Crippen molar-refractivity contribution < 1.29 is 14.3 Å². The molecule has 0 saturated heterocycles. The molecule has 9 heteroatoms.